The number of hydrogen-bond donors (Lipinski definition) is 1. The van der Waals surface area contributed by atoms with Gasteiger partial charge in [0.15, 0.2) is 0 Å². The normalized spacial score (nSPS) is 11.3. The summed E-state index contributed by atoms with van der Waals surface area (Å²) >= 11 is 0. The third-order valence-electron chi connectivity index (χ3n) is 5.14. The summed E-state index contributed by atoms with van der Waals surface area (Å²) in [6.07, 6.45) is 0. The van der Waals surface area contributed by atoms with Crippen LogP contribution in [0, 0.1) is 13.8 Å². The first-order valence-electron chi connectivity index (χ1n) is 10.0. The van der Waals surface area contributed by atoms with Crippen molar-refractivity contribution >= 4 is 11.6 Å². The predicted octanol–water partition coefficient (Wildman–Crippen LogP) is 4.68. The van der Waals surface area contributed by atoms with E-state index in [1.807, 2.05) is 66.0 Å². The van der Waals surface area contributed by atoms with E-state index >= 15 is 0 Å². The smallest absolute Gasteiger partial charge is 0.238 e. The molecule has 0 aliphatic heterocycles. The van der Waals surface area contributed by atoms with Gasteiger partial charge in [-0.05, 0) is 56.6 Å². The molecule has 0 atom stereocenters. The van der Waals surface area contributed by atoms with E-state index in [4.69, 9.17) is 5.10 Å². The molecule has 0 aliphatic rings. The summed E-state index contributed by atoms with van der Waals surface area (Å²) in [5.41, 5.74) is 6.39. The minimum Gasteiger partial charge on any atom is -0.325 e. The maximum atomic E-state index is 12.5. The number of aryl methyl sites for hydroxylation is 1. The first-order valence-corrected chi connectivity index (χ1v) is 10.0. The van der Waals surface area contributed by atoms with Gasteiger partial charge in [0.1, 0.15) is 0 Å². The van der Waals surface area contributed by atoms with Crippen molar-refractivity contribution in [3.05, 3.63) is 77.1 Å². The van der Waals surface area contributed by atoms with Crippen LogP contribution in [0.15, 0.2) is 54.6 Å². The van der Waals surface area contributed by atoms with E-state index in [2.05, 4.69) is 38.2 Å². The zero-order chi connectivity index (χ0) is 21.0. The number of carbonyl (C=O) groups excluding carboxylic acids is 1. The number of carbonyl (C=O) groups is 1. The standard InChI is InChI=1S/C24H30N4O/c1-17(2)20-11-13-21(14-12-20)25-24(29)16-27(5)15-23-18(3)26-28(19(23)4)22-9-7-6-8-10-22/h6-14,17H,15-16H2,1-5H3,(H,25,29). The van der Waals surface area contributed by atoms with Crippen molar-refractivity contribution in [1.82, 2.24) is 14.7 Å². The Morgan fingerprint density at radius 1 is 1.07 bits per heavy atom. The highest BCUT2D eigenvalue weighted by Gasteiger charge is 2.16. The molecule has 0 aliphatic carbocycles. The van der Waals surface area contributed by atoms with E-state index in [1.54, 1.807) is 0 Å². The minimum absolute atomic E-state index is 0.0180. The summed E-state index contributed by atoms with van der Waals surface area (Å²) < 4.78 is 1.97. The Kier molecular flexibility index (Phi) is 6.49. The first kappa shape index (κ1) is 20.8. The molecule has 0 unspecified atom stereocenters. The first-order chi connectivity index (χ1) is 13.8. The molecule has 29 heavy (non-hydrogen) atoms. The predicted molar refractivity (Wildman–Crippen MR) is 119 cm³/mol. The van der Waals surface area contributed by atoms with E-state index in [0.717, 1.165) is 28.3 Å². The van der Waals surface area contributed by atoms with Gasteiger partial charge in [0, 0.05) is 23.5 Å². The van der Waals surface area contributed by atoms with Gasteiger partial charge < -0.3 is 5.32 Å². The Labute approximate surface area is 173 Å². The highest BCUT2D eigenvalue weighted by atomic mass is 16.2. The van der Waals surface area contributed by atoms with Crippen LogP contribution in [0.2, 0.25) is 0 Å². The van der Waals surface area contributed by atoms with Gasteiger partial charge in [0.25, 0.3) is 0 Å². The Hall–Kier alpha value is -2.92. The Morgan fingerprint density at radius 3 is 2.34 bits per heavy atom. The molecule has 5 nitrogen and oxygen atoms in total. The van der Waals surface area contributed by atoms with E-state index in [9.17, 15) is 4.79 Å². The molecule has 0 spiro atoms. The van der Waals surface area contributed by atoms with Gasteiger partial charge in [-0.15, -0.1) is 0 Å². The van der Waals surface area contributed by atoms with Crippen LogP contribution in [-0.4, -0.2) is 34.2 Å². The molecule has 2 aromatic carbocycles. The summed E-state index contributed by atoms with van der Waals surface area (Å²) in [6.45, 7) is 9.41. The van der Waals surface area contributed by atoms with Gasteiger partial charge in [-0.25, -0.2) is 4.68 Å². The Morgan fingerprint density at radius 2 is 1.72 bits per heavy atom. The molecular weight excluding hydrogens is 360 g/mol. The fraction of sp³-hybridized carbons (Fsp3) is 0.333. The number of aromatic nitrogens is 2. The zero-order valence-electron chi connectivity index (χ0n) is 17.9. The third-order valence-corrected chi connectivity index (χ3v) is 5.14. The van der Waals surface area contributed by atoms with E-state index < -0.39 is 0 Å². The summed E-state index contributed by atoms with van der Waals surface area (Å²) in [5.74, 6) is 0.463. The van der Waals surface area contributed by atoms with Crippen LogP contribution < -0.4 is 5.32 Å². The van der Waals surface area contributed by atoms with Crippen LogP contribution in [-0.2, 0) is 11.3 Å². The van der Waals surface area contributed by atoms with Crippen molar-refractivity contribution in [3.63, 3.8) is 0 Å². The monoisotopic (exact) mass is 390 g/mol. The third kappa shape index (κ3) is 5.12. The molecule has 1 heterocycles. The molecule has 1 N–H and O–H groups in total. The molecular formula is C24H30N4O. The second-order valence-electron chi connectivity index (χ2n) is 7.89. The summed E-state index contributed by atoms with van der Waals surface area (Å²) in [5, 5.41) is 7.68. The van der Waals surface area contributed by atoms with Gasteiger partial charge in [-0.2, -0.15) is 5.10 Å². The maximum absolute atomic E-state index is 12.5. The molecule has 1 aromatic heterocycles. The van der Waals surface area contributed by atoms with Crippen LogP contribution >= 0.6 is 0 Å². The van der Waals surface area contributed by atoms with Gasteiger partial charge in [0.2, 0.25) is 5.91 Å². The van der Waals surface area contributed by atoms with Crippen molar-refractivity contribution in [2.45, 2.75) is 40.2 Å². The van der Waals surface area contributed by atoms with Crippen molar-refractivity contribution in [3.8, 4) is 5.69 Å². The molecule has 0 saturated heterocycles. The molecule has 152 valence electrons. The number of nitrogens with one attached hydrogen (secondary N) is 1. The summed E-state index contributed by atoms with van der Waals surface area (Å²) in [7, 11) is 1.96. The van der Waals surface area contributed by atoms with Crippen molar-refractivity contribution in [2.24, 2.45) is 0 Å². The van der Waals surface area contributed by atoms with Crippen LogP contribution in [0.5, 0.6) is 0 Å². The SMILES string of the molecule is Cc1nn(-c2ccccc2)c(C)c1CN(C)CC(=O)Nc1ccc(C(C)C)cc1. The minimum atomic E-state index is -0.0180. The number of nitrogens with zero attached hydrogens (tertiary/aromatic N) is 3. The van der Waals surface area contributed by atoms with Crippen molar-refractivity contribution in [1.29, 1.82) is 0 Å². The van der Waals surface area contributed by atoms with Crippen LogP contribution in [0.25, 0.3) is 5.69 Å². The van der Waals surface area contributed by atoms with Gasteiger partial charge >= 0.3 is 0 Å². The lowest BCUT2D eigenvalue weighted by molar-refractivity contribution is -0.117. The van der Waals surface area contributed by atoms with Gasteiger partial charge in [0.05, 0.1) is 17.9 Å². The number of benzene rings is 2. The van der Waals surface area contributed by atoms with Crippen LogP contribution in [0.1, 0.15) is 42.3 Å². The van der Waals surface area contributed by atoms with Gasteiger partial charge in [-0.3, -0.25) is 9.69 Å². The average molecular weight is 391 g/mol. The lowest BCUT2D eigenvalue weighted by Gasteiger charge is -2.17. The molecule has 0 bridgehead atoms. The van der Waals surface area contributed by atoms with E-state index in [-0.39, 0.29) is 5.91 Å². The number of anilines is 1. The van der Waals surface area contributed by atoms with E-state index in [0.29, 0.717) is 19.0 Å². The lowest BCUT2D eigenvalue weighted by atomic mass is 10.0. The average Bonchev–Trinajstić information content (AvgIpc) is 2.97. The number of hydrogen-bond acceptors (Lipinski definition) is 3. The second kappa shape index (κ2) is 9.05. The fourth-order valence-electron chi connectivity index (χ4n) is 3.45. The molecule has 3 rings (SSSR count). The highest BCUT2D eigenvalue weighted by molar-refractivity contribution is 5.92. The molecule has 0 fully saturated rings. The Balaban J connectivity index is 1.62. The summed E-state index contributed by atoms with van der Waals surface area (Å²) in [4.78, 5) is 14.5. The number of rotatable bonds is 7. The second-order valence-corrected chi connectivity index (χ2v) is 7.89. The van der Waals surface area contributed by atoms with Crippen molar-refractivity contribution in [2.75, 3.05) is 18.9 Å². The summed E-state index contributed by atoms with van der Waals surface area (Å²) in [6, 6.07) is 18.2. The fourth-order valence-corrected chi connectivity index (χ4v) is 3.45. The van der Waals surface area contributed by atoms with E-state index in [1.165, 1.54) is 5.56 Å². The molecule has 5 heteroatoms. The molecule has 0 radical (unpaired) electrons. The number of likely N-dealkylation sites (N-methyl/N-ethyl adjacent to an activating group) is 1. The Bertz CT molecular complexity index is 959. The quantitative estimate of drug-likeness (QED) is 0.637. The number of para-hydroxylation sites is 1. The number of amides is 1. The molecule has 3 aromatic rings. The highest BCUT2D eigenvalue weighted by Crippen LogP contribution is 2.20. The lowest BCUT2D eigenvalue weighted by Crippen LogP contribution is -2.30. The molecule has 0 saturated carbocycles. The van der Waals surface area contributed by atoms with Crippen LogP contribution in [0.3, 0.4) is 0 Å². The maximum Gasteiger partial charge on any atom is 0.238 e. The van der Waals surface area contributed by atoms with Gasteiger partial charge in [-0.1, -0.05) is 44.2 Å². The zero-order valence-corrected chi connectivity index (χ0v) is 17.9. The van der Waals surface area contributed by atoms with Crippen molar-refractivity contribution < 1.29 is 4.79 Å². The largest absolute Gasteiger partial charge is 0.325 e. The molecule has 1 amide bonds. The topological polar surface area (TPSA) is 50.2 Å². The van der Waals surface area contributed by atoms with Crippen LogP contribution in [0.4, 0.5) is 5.69 Å².